The molecule has 0 aliphatic carbocycles. The third kappa shape index (κ3) is 5.32. The van der Waals surface area contributed by atoms with Crippen LogP contribution < -0.4 is 4.90 Å². The first-order chi connectivity index (χ1) is 20.9. The minimum absolute atomic E-state index is 0.0903. The molecule has 0 bridgehead atoms. The van der Waals surface area contributed by atoms with Crippen molar-refractivity contribution in [3.8, 4) is 28.3 Å². The standard InChI is InChI=1S/C38H39N5O/c1-37(2,3)26-22-30(35(44)31(23-26)38(4,5)6)36-41-34-29(17-12-18-32(34)42(36)7)25-13-11-16-28(21-25)43(27-14-9-8-10-15-27)33-19-20-39-24-40-33/h8-24,44H,1-7H3. The Balaban J connectivity index is 1.53. The lowest BCUT2D eigenvalue weighted by Gasteiger charge is -2.27. The minimum Gasteiger partial charge on any atom is -0.507 e. The molecule has 0 saturated heterocycles. The summed E-state index contributed by atoms with van der Waals surface area (Å²) in [4.78, 5) is 16.0. The van der Waals surface area contributed by atoms with E-state index in [1.54, 1.807) is 12.5 Å². The zero-order valence-corrected chi connectivity index (χ0v) is 26.5. The molecule has 4 aromatic carbocycles. The molecule has 6 heteroatoms. The van der Waals surface area contributed by atoms with Crippen molar-refractivity contribution in [2.45, 2.75) is 52.4 Å². The van der Waals surface area contributed by atoms with E-state index in [-0.39, 0.29) is 16.6 Å². The molecule has 0 fully saturated rings. The van der Waals surface area contributed by atoms with Crippen LogP contribution in [0.2, 0.25) is 0 Å². The van der Waals surface area contributed by atoms with E-state index in [9.17, 15) is 5.11 Å². The summed E-state index contributed by atoms with van der Waals surface area (Å²) < 4.78 is 2.09. The average molecular weight is 582 g/mol. The number of hydrogen-bond acceptors (Lipinski definition) is 5. The molecule has 222 valence electrons. The summed E-state index contributed by atoms with van der Waals surface area (Å²) in [5.74, 6) is 1.81. The number of phenolic OH excluding ortho intramolecular Hbond substituents is 1. The number of nitrogens with zero attached hydrogens (tertiary/aromatic N) is 5. The smallest absolute Gasteiger partial charge is 0.144 e. The van der Waals surface area contributed by atoms with E-state index in [1.807, 2.05) is 31.3 Å². The number of hydrogen-bond donors (Lipinski definition) is 1. The first kappa shape index (κ1) is 29.1. The molecule has 0 atom stereocenters. The first-order valence-corrected chi connectivity index (χ1v) is 15.0. The Morgan fingerprint density at radius 1 is 0.727 bits per heavy atom. The van der Waals surface area contributed by atoms with E-state index in [0.29, 0.717) is 0 Å². The van der Waals surface area contributed by atoms with Crippen molar-refractivity contribution in [1.82, 2.24) is 19.5 Å². The second-order valence-corrected chi connectivity index (χ2v) is 13.4. The molecule has 0 spiro atoms. The van der Waals surface area contributed by atoms with Crippen LogP contribution >= 0.6 is 0 Å². The van der Waals surface area contributed by atoms with E-state index in [1.165, 1.54) is 5.56 Å². The highest BCUT2D eigenvalue weighted by Gasteiger charge is 2.27. The van der Waals surface area contributed by atoms with Crippen LogP contribution in [0.1, 0.15) is 52.7 Å². The molecule has 0 amide bonds. The summed E-state index contributed by atoms with van der Waals surface area (Å²) >= 11 is 0. The van der Waals surface area contributed by atoms with Gasteiger partial charge in [-0.1, -0.05) is 90.1 Å². The number of anilines is 3. The number of rotatable bonds is 5. The second kappa shape index (κ2) is 10.9. The summed E-state index contributed by atoms with van der Waals surface area (Å²) in [5.41, 5.74) is 8.44. The lowest BCUT2D eigenvalue weighted by Crippen LogP contribution is -2.17. The van der Waals surface area contributed by atoms with E-state index < -0.39 is 0 Å². The van der Waals surface area contributed by atoms with Crippen molar-refractivity contribution in [1.29, 1.82) is 0 Å². The minimum atomic E-state index is -0.232. The number of aromatic hydroxyl groups is 1. The topological polar surface area (TPSA) is 67.1 Å². The molecule has 44 heavy (non-hydrogen) atoms. The molecular formula is C38H39N5O. The summed E-state index contributed by atoms with van der Waals surface area (Å²) in [6, 6.07) is 31.1. The summed E-state index contributed by atoms with van der Waals surface area (Å²) in [6.45, 7) is 13.0. The predicted molar refractivity (Wildman–Crippen MR) is 181 cm³/mol. The van der Waals surface area contributed by atoms with Crippen molar-refractivity contribution >= 4 is 28.2 Å². The van der Waals surface area contributed by atoms with Crippen molar-refractivity contribution in [3.05, 3.63) is 115 Å². The number of fused-ring (bicyclic) bond motifs is 1. The molecule has 2 heterocycles. The lowest BCUT2D eigenvalue weighted by atomic mass is 9.79. The van der Waals surface area contributed by atoms with Crippen LogP contribution in [0.5, 0.6) is 5.75 Å². The molecule has 0 aliphatic rings. The van der Waals surface area contributed by atoms with Crippen LogP contribution in [-0.4, -0.2) is 24.6 Å². The van der Waals surface area contributed by atoms with Crippen LogP contribution in [0, 0.1) is 0 Å². The van der Waals surface area contributed by atoms with Gasteiger partial charge in [0.2, 0.25) is 0 Å². The van der Waals surface area contributed by atoms with E-state index in [2.05, 4.69) is 128 Å². The van der Waals surface area contributed by atoms with Crippen molar-refractivity contribution in [2.75, 3.05) is 4.90 Å². The third-order valence-electron chi connectivity index (χ3n) is 8.16. The molecule has 6 aromatic rings. The molecule has 6 nitrogen and oxygen atoms in total. The Kier molecular flexibility index (Phi) is 7.24. The van der Waals surface area contributed by atoms with Gasteiger partial charge in [-0.25, -0.2) is 15.0 Å². The Morgan fingerprint density at radius 3 is 2.14 bits per heavy atom. The molecule has 0 unspecified atom stereocenters. The zero-order valence-electron chi connectivity index (χ0n) is 26.5. The highest BCUT2D eigenvalue weighted by molar-refractivity contribution is 5.95. The maximum Gasteiger partial charge on any atom is 0.144 e. The Labute approximate surface area is 259 Å². The fourth-order valence-corrected chi connectivity index (χ4v) is 5.72. The molecule has 2 aromatic heterocycles. The zero-order chi connectivity index (χ0) is 31.2. The van der Waals surface area contributed by atoms with Gasteiger partial charge in [0.1, 0.15) is 23.7 Å². The Morgan fingerprint density at radius 2 is 1.45 bits per heavy atom. The van der Waals surface area contributed by atoms with Crippen LogP contribution in [0.25, 0.3) is 33.5 Å². The van der Waals surface area contributed by atoms with Crippen LogP contribution in [0.15, 0.2) is 104 Å². The van der Waals surface area contributed by atoms with Gasteiger partial charge in [-0.05, 0) is 64.4 Å². The number of benzene rings is 4. The molecule has 1 N–H and O–H groups in total. The fourth-order valence-electron chi connectivity index (χ4n) is 5.72. The quantitative estimate of drug-likeness (QED) is 0.220. The van der Waals surface area contributed by atoms with Gasteiger partial charge in [0.15, 0.2) is 0 Å². The SMILES string of the molecule is Cn1c(-c2cc(C(C)(C)C)cc(C(C)(C)C)c2O)nc2c(-c3cccc(N(c4ccccc4)c4ccncn4)c3)cccc21. The van der Waals surface area contributed by atoms with Crippen LogP contribution in [-0.2, 0) is 17.9 Å². The molecule has 0 radical (unpaired) electrons. The van der Waals surface area contributed by atoms with Crippen molar-refractivity contribution in [3.63, 3.8) is 0 Å². The van der Waals surface area contributed by atoms with Crippen LogP contribution in [0.3, 0.4) is 0 Å². The summed E-state index contributed by atoms with van der Waals surface area (Å²) in [7, 11) is 2.02. The van der Waals surface area contributed by atoms with Gasteiger partial charge >= 0.3 is 0 Å². The van der Waals surface area contributed by atoms with Gasteiger partial charge in [0.25, 0.3) is 0 Å². The largest absolute Gasteiger partial charge is 0.507 e. The Bertz CT molecular complexity index is 1910. The molecule has 6 rings (SSSR count). The highest BCUT2D eigenvalue weighted by Crippen LogP contribution is 2.43. The maximum absolute atomic E-state index is 11.6. The summed E-state index contributed by atoms with van der Waals surface area (Å²) in [6.07, 6.45) is 3.33. The van der Waals surface area contributed by atoms with Crippen molar-refractivity contribution in [2.24, 2.45) is 7.05 Å². The molecular weight excluding hydrogens is 542 g/mol. The number of phenols is 1. The van der Waals surface area contributed by atoms with Crippen LogP contribution in [0.4, 0.5) is 17.2 Å². The second-order valence-electron chi connectivity index (χ2n) is 13.4. The summed E-state index contributed by atoms with van der Waals surface area (Å²) in [5, 5.41) is 11.6. The average Bonchev–Trinajstić information content (AvgIpc) is 3.33. The van der Waals surface area contributed by atoms with E-state index in [4.69, 9.17) is 4.98 Å². The predicted octanol–water partition coefficient (Wildman–Crippen LogP) is 9.47. The monoisotopic (exact) mass is 581 g/mol. The lowest BCUT2D eigenvalue weighted by molar-refractivity contribution is 0.446. The van der Waals surface area contributed by atoms with Gasteiger partial charge in [-0.15, -0.1) is 0 Å². The maximum atomic E-state index is 11.6. The highest BCUT2D eigenvalue weighted by atomic mass is 16.3. The number of aromatic nitrogens is 4. The van der Waals surface area contributed by atoms with Gasteiger partial charge in [-0.3, -0.25) is 4.90 Å². The van der Waals surface area contributed by atoms with E-state index >= 15 is 0 Å². The normalized spacial score (nSPS) is 12.1. The van der Waals surface area contributed by atoms with Gasteiger partial charge in [-0.2, -0.15) is 0 Å². The van der Waals surface area contributed by atoms with Gasteiger partial charge in [0, 0.05) is 35.7 Å². The number of aryl methyl sites for hydroxylation is 1. The number of para-hydroxylation sites is 2. The number of imidazole rings is 1. The molecule has 0 saturated carbocycles. The third-order valence-corrected chi connectivity index (χ3v) is 8.16. The Hall–Kier alpha value is -4.97. The van der Waals surface area contributed by atoms with Gasteiger partial charge in [0.05, 0.1) is 16.6 Å². The first-order valence-electron chi connectivity index (χ1n) is 15.0. The van der Waals surface area contributed by atoms with Crippen molar-refractivity contribution < 1.29 is 5.11 Å². The fraction of sp³-hybridized carbons (Fsp3) is 0.237. The van der Waals surface area contributed by atoms with Gasteiger partial charge < -0.3 is 9.67 Å². The molecule has 0 aliphatic heterocycles. The van der Waals surface area contributed by atoms with E-state index in [0.717, 1.165) is 56.3 Å².